The van der Waals surface area contributed by atoms with Crippen LogP contribution in [0.3, 0.4) is 0 Å². The summed E-state index contributed by atoms with van der Waals surface area (Å²) in [5.74, 6) is 0.630. The first-order valence-corrected chi connectivity index (χ1v) is 9.03. The lowest BCUT2D eigenvalue weighted by Crippen LogP contribution is -2.21. The number of ether oxygens (including phenoxy) is 1. The largest absolute Gasteiger partial charge is 0.425 e. The minimum Gasteiger partial charge on any atom is -0.425 e. The first-order chi connectivity index (χ1) is 13.8. The van der Waals surface area contributed by atoms with Crippen LogP contribution in [0.2, 0.25) is 0 Å². The Bertz CT molecular complexity index is 1360. The van der Waals surface area contributed by atoms with Crippen LogP contribution >= 0.6 is 0 Å². The summed E-state index contributed by atoms with van der Waals surface area (Å²) in [6, 6.07) is 30.9. The predicted octanol–water partition coefficient (Wildman–Crippen LogP) is 5.33. The molecule has 5 rings (SSSR count). The van der Waals surface area contributed by atoms with Crippen molar-refractivity contribution in [2.45, 2.75) is 0 Å². The minimum atomic E-state index is -0.160. The Kier molecular flexibility index (Phi) is 3.87. The van der Waals surface area contributed by atoms with Gasteiger partial charge in [0.1, 0.15) is 5.75 Å². The number of rotatable bonds is 3. The third-order valence-electron chi connectivity index (χ3n) is 4.69. The quantitative estimate of drug-likeness (QED) is 0.434. The van der Waals surface area contributed by atoms with Gasteiger partial charge in [0.25, 0.3) is 5.56 Å². The third kappa shape index (κ3) is 2.81. The molecule has 0 atom stereocenters. The molecule has 0 aliphatic heterocycles. The Hall–Kier alpha value is -3.92. The molecule has 0 unspecified atom stereocenters. The fraction of sp³-hybridized carbons (Fsp3) is 0. The van der Waals surface area contributed by atoms with Gasteiger partial charge >= 0.3 is 6.01 Å². The molecule has 0 aliphatic carbocycles. The highest BCUT2D eigenvalue weighted by Crippen LogP contribution is 2.26. The van der Waals surface area contributed by atoms with E-state index in [1.165, 1.54) is 4.57 Å². The molecular weight excluding hydrogens is 348 g/mol. The maximum atomic E-state index is 13.2. The lowest BCUT2D eigenvalue weighted by atomic mass is 10.1. The van der Waals surface area contributed by atoms with E-state index in [1.54, 1.807) is 6.07 Å². The summed E-state index contributed by atoms with van der Waals surface area (Å²) < 4.78 is 7.62. The summed E-state index contributed by atoms with van der Waals surface area (Å²) in [4.78, 5) is 17.8. The number of fused-ring (bicyclic) bond motifs is 2. The minimum absolute atomic E-state index is 0.160. The number of benzene rings is 4. The molecule has 28 heavy (non-hydrogen) atoms. The highest BCUT2D eigenvalue weighted by Gasteiger charge is 2.14. The fourth-order valence-electron chi connectivity index (χ4n) is 3.32. The zero-order chi connectivity index (χ0) is 18.9. The van der Waals surface area contributed by atoms with Crippen LogP contribution in [0.15, 0.2) is 102 Å². The standard InChI is InChI=1S/C24H16N2O2/c27-23-21-12-6-7-13-22(21)25-24(26(23)19-10-2-1-3-11-19)28-20-15-14-17-8-4-5-9-18(17)16-20/h1-16H. The Morgan fingerprint density at radius 3 is 2.29 bits per heavy atom. The smallest absolute Gasteiger partial charge is 0.310 e. The topological polar surface area (TPSA) is 44.1 Å². The van der Waals surface area contributed by atoms with E-state index in [4.69, 9.17) is 4.74 Å². The zero-order valence-corrected chi connectivity index (χ0v) is 14.9. The molecule has 0 amide bonds. The molecule has 1 aromatic heterocycles. The van der Waals surface area contributed by atoms with Gasteiger partial charge in [0.15, 0.2) is 0 Å². The van der Waals surface area contributed by atoms with Crippen molar-refractivity contribution in [2.24, 2.45) is 0 Å². The molecule has 0 saturated heterocycles. The van der Waals surface area contributed by atoms with Crippen LogP contribution in [-0.2, 0) is 0 Å². The molecule has 134 valence electrons. The predicted molar refractivity (Wildman–Crippen MR) is 111 cm³/mol. The second-order valence-corrected chi connectivity index (χ2v) is 6.50. The maximum absolute atomic E-state index is 13.2. The fourth-order valence-corrected chi connectivity index (χ4v) is 3.32. The van der Waals surface area contributed by atoms with E-state index in [0.717, 1.165) is 10.8 Å². The lowest BCUT2D eigenvalue weighted by molar-refractivity contribution is 0.428. The molecule has 0 bridgehead atoms. The van der Waals surface area contributed by atoms with Crippen LogP contribution in [0.5, 0.6) is 11.8 Å². The summed E-state index contributed by atoms with van der Waals surface area (Å²) in [5, 5.41) is 2.74. The third-order valence-corrected chi connectivity index (χ3v) is 4.69. The summed E-state index contributed by atoms with van der Waals surface area (Å²) in [7, 11) is 0. The van der Waals surface area contributed by atoms with Crippen molar-refractivity contribution in [3.05, 3.63) is 107 Å². The van der Waals surface area contributed by atoms with Gasteiger partial charge in [-0.25, -0.2) is 4.57 Å². The highest BCUT2D eigenvalue weighted by atomic mass is 16.5. The molecule has 4 aromatic carbocycles. The second kappa shape index (κ2) is 6.67. The van der Waals surface area contributed by atoms with Crippen LogP contribution in [0.4, 0.5) is 0 Å². The highest BCUT2D eigenvalue weighted by molar-refractivity contribution is 5.84. The van der Waals surface area contributed by atoms with E-state index in [9.17, 15) is 4.79 Å². The van der Waals surface area contributed by atoms with E-state index in [0.29, 0.717) is 22.3 Å². The first-order valence-electron chi connectivity index (χ1n) is 9.03. The number of hydrogen-bond acceptors (Lipinski definition) is 3. The van der Waals surface area contributed by atoms with Crippen LogP contribution in [-0.4, -0.2) is 9.55 Å². The van der Waals surface area contributed by atoms with Crippen molar-refractivity contribution >= 4 is 21.7 Å². The Labute approximate surface area is 161 Å². The number of aromatic nitrogens is 2. The van der Waals surface area contributed by atoms with Crippen molar-refractivity contribution in [3.8, 4) is 17.4 Å². The summed E-state index contributed by atoms with van der Waals surface area (Å²) in [6.07, 6.45) is 0. The average Bonchev–Trinajstić information content (AvgIpc) is 2.74. The van der Waals surface area contributed by atoms with Gasteiger partial charge in [0, 0.05) is 0 Å². The SMILES string of the molecule is O=c1c2ccccc2nc(Oc2ccc3ccccc3c2)n1-c1ccccc1. The zero-order valence-electron chi connectivity index (χ0n) is 14.9. The van der Waals surface area contributed by atoms with Gasteiger partial charge in [-0.05, 0) is 47.2 Å². The molecule has 1 heterocycles. The lowest BCUT2D eigenvalue weighted by Gasteiger charge is -2.14. The second-order valence-electron chi connectivity index (χ2n) is 6.50. The maximum Gasteiger partial charge on any atom is 0.310 e. The van der Waals surface area contributed by atoms with Crippen LogP contribution in [0, 0.1) is 0 Å². The molecule has 4 heteroatoms. The molecule has 0 fully saturated rings. The molecule has 0 saturated carbocycles. The van der Waals surface area contributed by atoms with Gasteiger partial charge in [-0.3, -0.25) is 4.79 Å². The van der Waals surface area contributed by atoms with Crippen LogP contribution in [0.1, 0.15) is 0 Å². The van der Waals surface area contributed by atoms with Gasteiger partial charge in [-0.15, -0.1) is 0 Å². The van der Waals surface area contributed by atoms with E-state index < -0.39 is 0 Å². The van der Waals surface area contributed by atoms with E-state index in [-0.39, 0.29) is 11.6 Å². The van der Waals surface area contributed by atoms with Gasteiger partial charge in [0.2, 0.25) is 0 Å². The van der Waals surface area contributed by atoms with Crippen molar-refractivity contribution in [1.29, 1.82) is 0 Å². The molecule has 4 nitrogen and oxygen atoms in total. The van der Waals surface area contributed by atoms with E-state index in [1.807, 2.05) is 91.0 Å². The van der Waals surface area contributed by atoms with Crippen molar-refractivity contribution < 1.29 is 4.74 Å². The summed E-state index contributed by atoms with van der Waals surface area (Å²) >= 11 is 0. The average molecular weight is 364 g/mol. The molecule has 0 N–H and O–H groups in total. The molecule has 5 aromatic rings. The van der Waals surface area contributed by atoms with Crippen LogP contribution < -0.4 is 10.3 Å². The van der Waals surface area contributed by atoms with Crippen molar-refractivity contribution in [3.63, 3.8) is 0 Å². The van der Waals surface area contributed by atoms with E-state index in [2.05, 4.69) is 4.98 Å². The Balaban J connectivity index is 1.72. The molecule has 0 radical (unpaired) electrons. The molecule has 0 aliphatic rings. The van der Waals surface area contributed by atoms with E-state index >= 15 is 0 Å². The Morgan fingerprint density at radius 2 is 1.43 bits per heavy atom. The Morgan fingerprint density at radius 1 is 0.714 bits per heavy atom. The van der Waals surface area contributed by atoms with Crippen molar-refractivity contribution in [1.82, 2.24) is 9.55 Å². The van der Waals surface area contributed by atoms with Crippen molar-refractivity contribution in [2.75, 3.05) is 0 Å². The van der Waals surface area contributed by atoms with Gasteiger partial charge in [-0.1, -0.05) is 60.7 Å². The summed E-state index contributed by atoms with van der Waals surface area (Å²) in [6.45, 7) is 0. The van der Waals surface area contributed by atoms with Crippen LogP contribution in [0.25, 0.3) is 27.4 Å². The summed E-state index contributed by atoms with van der Waals surface area (Å²) in [5.41, 5.74) is 1.16. The van der Waals surface area contributed by atoms with Gasteiger partial charge < -0.3 is 4.74 Å². The molecular formula is C24H16N2O2. The van der Waals surface area contributed by atoms with Gasteiger partial charge in [0.05, 0.1) is 16.6 Å². The normalized spacial score (nSPS) is 11.0. The van der Waals surface area contributed by atoms with Gasteiger partial charge in [-0.2, -0.15) is 4.98 Å². The molecule has 0 spiro atoms. The number of para-hydroxylation sites is 2. The monoisotopic (exact) mass is 364 g/mol. The number of hydrogen-bond donors (Lipinski definition) is 0. The first kappa shape index (κ1) is 16.3. The number of nitrogens with zero attached hydrogens (tertiary/aromatic N) is 2.